The van der Waals surface area contributed by atoms with Crippen LogP contribution >= 0.6 is 0 Å². The van der Waals surface area contributed by atoms with Crippen LogP contribution < -0.4 is 9.64 Å². The van der Waals surface area contributed by atoms with Gasteiger partial charge in [0.15, 0.2) is 0 Å². The van der Waals surface area contributed by atoms with Crippen molar-refractivity contribution in [3.05, 3.63) is 65.7 Å². The lowest BCUT2D eigenvalue weighted by molar-refractivity contribution is -0.918. The summed E-state index contributed by atoms with van der Waals surface area (Å²) < 4.78 is 5.20. The van der Waals surface area contributed by atoms with Gasteiger partial charge in [-0.3, -0.25) is 0 Å². The van der Waals surface area contributed by atoms with Crippen molar-refractivity contribution < 1.29 is 9.64 Å². The molecule has 2 nitrogen and oxygen atoms in total. The molecule has 2 aromatic carbocycles. The Morgan fingerprint density at radius 2 is 1.62 bits per heavy atom. The molecule has 0 spiro atoms. The van der Waals surface area contributed by atoms with Gasteiger partial charge >= 0.3 is 0 Å². The Morgan fingerprint density at radius 3 is 2.24 bits per heavy atom. The SMILES string of the molecule is COc1ccc(CC[C@@H](C)[NH+](C)Cc2ccccc2)cc1. The molecule has 0 aliphatic carbocycles. The van der Waals surface area contributed by atoms with E-state index in [1.54, 1.807) is 12.0 Å². The van der Waals surface area contributed by atoms with Crippen LogP contribution in [0.15, 0.2) is 54.6 Å². The highest BCUT2D eigenvalue weighted by Crippen LogP contribution is 2.12. The zero-order valence-corrected chi connectivity index (χ0v) is 13.3. The van der Waals surface area contributed by atoms with Crippen LogP contribution in [-0.2, 0) is 13.0 Å². The summed E-state index contributed by atoms with van der Waals surface area (Å²) in [6.45, 7) is 3.42. The molecule has 0 saturated heterocycles. The first kappa shape index (κ1) is 15.6. The minimum atomic E-state index is 0.646. The first-order valence-corrected chi connectivity index (χ1v) is 7.68. The Morgan fingerprint density at radius 1 is 0.952 bits per heavy atom. The zero-order valence-electron chi connectivity index (χ0n) is 13.3. The van der Waals surface area contributed by atoms with E-state index in [4.69, 9.17) is 4.74 Å². The van der Waals surface area contributed by atoms with Gasteiger partial charge in [-0.25, -0.2) is 0 Å². The van der Waals surface area contributed by atoms with E-state index in [9.17, 15) is 0 Å². The monoisotopic (exact) mass is 284 g/mol. The van der Waals surface area contributed by atoms with Crippen LogP contribution in [0.5, 0.6) is 5.75 Å². The van der Waals surface area contributed by atoms with Crippen molar-refractivity contribution in [1.82, 2.24) is 0 Å². The first-order valence-electron chi connectivity index (χ1n) is 7.68. The number of nitrogens with one attached hydrogen (secondary N) is 1. The average molecular weight is 284 g/mol. The quantitative estimate of drug-likeness (QED) is 0.825. The third-order valence-corrected chi connectivity index (χ3v) is 4.19. The second-order valence-electron chi connectivity index (χ2n) is 5.80. The molecule has 0 aliphatic heterocycles. The van der Waals surface area contributed by atoms with Gasteiger partial charge in [-0.15, -0.1) is 0 Å². The van der Waals surface area contributed by atoms with E-state index in [2.05, 4.69) is 56.4 Å². The van der Waals surface area contributed by atoms with Gasteiger partial charge in [-0.1, -0.05) is 42.5 Å². The lowest BCUT2D eigenvalue weighted by Crippen LogP contribution is -3.11. The maximum atomic E-state index is 5.20. The summed E-state index contributed by atoms with van der Waals surface area (Å²) in [7, 11) is 3.99. The smallest absolute Gasteiger partial charge is 0.118 e. The molecule has 0 aromatic heterocycles. The molecule has 1 unspecified atom stereocenters. The highest BCUT2D eigenvalue weighted by molar-refractivity contribution is 5.27. The van der Waals surface area contributed by atoms with Crippen molar-refractivity contribution in [2.45, 2.75) is 32.4 Å². The predicted molar refractivity (Wildman–Crippen MR) is 87.8 cm³/mol. The third-order valence-electron chi connectivity index (χ3n) is 4.19. The molecule has 21 heavy (non-hydrogen) atoms. The zero-order chi connectivity index (χ0) is 15.1. The molecular formula is C19H26NO+. The number of quaternary nitrogens is 1. The molecule has 112 valence electrons. The van der Waals surface area contributed by atoms with Gasteiger partial charge in [-0.05, 0) is 31.0 Å². The summed E-state index contributed by atoms with van der Waals surface area (Å²) in [5.74, 6) is 0.929. The Labute approximate surface area is 128 Å². The molecule has 0 heterocycles. The average Bonchev–Trinajstić information content (AvgIpc) is 2.54. The Balaban J connectivity index is 1.81. The van der Waals surface area contributed by atoms with Crippen molar-refractivity contribution in [3.63, 3.8) is 0 Å². The van der Waals surface area contributed by atoms with Crippen LogP contribution in [0.2, 0.25) is 0 Å². The number of hydrogen-bond donors (Lipinski definition) is 1. The van der Waals surface area contributed by atoms with Gasteiger partial charge in [0, 0.05) is 12.0 Å². The Bertz CT molecular complexity index is 521. The molecular weight excluding hydrogens is 258 g/mol. The lowest BCUT2D eigenvalue weighted by atomic mass is 10.0. The third kappa shape index (κ3) is 4.91. The van der Waals surface area contributed by atoms with Crippen LogP contribution in [0.25, 0.3) is 0 Å². The molecule has 0 saturated carbocycles. The van der Waals surface area contributed by atoms with E-state index >= 15 is 0 Å². The number of benzene rings is 2. The van der Waals surface area contributed by atoms with E-state index in [1.165, 1.54) is 17.5 Å². The predicted octanol–water partition coefficient (Wildman–Crippen LogP) is 2.73. The highest BCUT2D eigenvalue weighted by Gasteiger charge is 2.13. The van der Waals surface area contributed by atoms with Crippen molar-refractivity contribution in [2.24, 2.45) is 0 Å². The van der Waals surface area contributed by atoms with Crippen LogP contribution in [0.3, 0.4) is 0 Å². The molecule has 0 bridgehead atoms. The van der Waals surface area contributed by atoms with Crippen molar-refractivity contribution in [1.29, 1.82) is 0 Å². The summed E-state index contributed by atoms with van der Waals surface area (Å²) in [5.41, 5.74) is 2.79. The summed E-state index contributed by atoms with van der Waals surface area (Å²) in [6, 6.07) is 19.8. The normalized spacial score (nSPS) is 13.7. The van der Waals surface area contributed by atoms with E-state index in [1.807, 2.05) is 12.1 Å². The molecule has 1 N–H and O–H groups in total. The van der Waals surface area contributed by atoms with E-state index < -0.39 is 0 Å². The Kier molecular flexibility index (Phi) is 5.82. The number of methoxy groups -OCH3 is 1. The summed E-state index contributed by atoms with van der Waals surface area (Å²) in [4.78, 5) is 1.56. The topological polar surface area (TPSA) is 13.7 Å². The largest absolute Gasteiger partial charge is 0.497 e. The number of hydrogen-bond acceptors (Lipinski definition) is 1. The standard InChI is InChI=1S/C19H25NO/c1-16(20(2)15-18-7-5-4-6-8-18)9-10-17-11-13-19(21-3)14-12-17/h4-8,11-14,16H,9-10,15H2,1-3H3/p+1/t16-/m1/s1. The molecule has 0 aliphatic rings. The highest BCUT2D eigenvalue weighted by atomic mass is 16.5. The van der Waals surface area contributed by atoms with Gasteiger partial charge < -0.3 is 9.64 Å². The minimum Gasteiger partial charge on any atom is -0.497 e. The van der Waals surface area contributed by atoms with Crippen molar-refractivity contribution in [2.75, 3.05) is 14.2 Å². The van der Waals surface area contributed by atoms with Crippen LogP contribution in [0.1, 0.15) is 24.5 Å². The summed E-state index contributed by atoms with van der Waals surface area (Å²) in [5, 5.41) is 0. The molecule has 0 fully saturated rings. The minimum absolute atomic E-state index is 0.646. The van der Waals surface area contributed by atoms with Gasteiger partial charge in [0.2, 0.25) is 0 Å². The molecule has 0 radical (unpaired) electrons. The maximum Gasteiger partial charge on any atom is 0.118 e. The Hall–Kier alpha value is -1.80. The first-order chi connectivity index (χ1) is 10.2. The van der Waals surface area contributed by atoms with Gasteiger partial charge in [0.25, 0.3) is 0 Å². The number of ether oxygens (including phenoxy) is 1. The summed E-state index contributed by atoms with van der Waals surface area (Å²) in [6.07, 6.45) is 2.32. The fourth-order valence-electron chi connectivity index (χ4n) is 2.51. The van der Waals surface area contributed by atoms with Crippen molar-refractivity contribution >= 4 is 0 Å². The van der Waals surface area contributed by atoms with E-state index in [-0.39, 0.29) is 0 Å². The molecule has 2 aromatic rings. The van der Waals surface area contributed by atoms with E-state index in [0.29, 0.717) is 6.04 Å². The molecule has 2 heteroatoms. The fourth-order valence-corrected chi connectivity index (χ4v) is 2.51. The maximum absolute atomic E-state index is 5.20. The van der Waals surface area contributed by atoms with Crippen LogP contribution in [-0.4, -0.2) is 20.2 Å². The molecule has 0 amide bonds. The van der Waals surface area contributed by atoms with E-state index in [0.717, 1.165) is 18.7 Å². The van der Waals surface area contributed by atoms with Gasteiger partial charge in [0.1, 0.15) is 12.3 Å². The van der Waals surface area contributed by atoms with Crippen LogP contribution in [0, 0.1) is 0 Å². The van der Waals surface area contributed by atoms with Gasteiger partial charge in [0.05, 0.1) is 20.2 Å². The van der Waals surface area contributed by atoms with Crippen molar-refractivity contribution in [3.8, 4) is 5.75 Å². The summed E-state index contributed by atoms with van der Waals surface area (Å²) >= 11 is 0. The van der Waals surface area contributed by atoms with Crippen LogP contribution in [0.4, 0.5) is 0 Å². The second-order valence-corrected chi connectivity index (χ2v) is 5.80. The molecule has 2 rings (SSSR count). The lowest BCUT2D eigenvalue weighted by Gasteiger charge is -2.22. The number of rotatable bonds is 7. The number of aryl methyl sites for hydroxylation is 1. The molecule has 2 atom stereocenters. The second kappa shape index (κ2) is 7.84. The van der Waals surface area contributed by atoms with Gasteiger partial charge in [-0.2, -0.15) is 0 Å². The fraction of sp³-hybridized carbons (Fsp3) is 0.368.